The van der Waals surface area contributed by atoms with E-state index in [1.54, 1.807) is 11.1 Å². The van der Waals surface area contributed by atoms with Crippen molar-refractivity contribution in [3.8, 4) is 0 Å². The molecule has 3 aliphatic heterocycles. The van der Waals surface area contributed by atoms with Crippen molar-refractivity contribution < 1.29 is 14.7 Å². The molecule has 0 aliphatic carbocycles. The number of amides is 2. The van der Waals surface area contributed by atoms with Crippen molar-refractivity contribution in [2.45, 2.75) is 32.3 Å². The zero-order valence-corrected chi connectivity index (χ0v) is 17.2. The monoisotopic (exact) mass is 402 g/mol. The normalized spacial score (nSPS) is 28.5. The van der Waals surface area contributed by atoms with E-state index in [1.807, 2.05) is 6.92 Å². The van der Waals surface area contributed by atoms with Crippen LogP contribution in [0.15, 0.2) is 6.20 Å². The molecule has 2 atom stereocenters. The Morgan fingerprint density at radius 3 is 2.72 bits per heavy atom. The van der Waals surface area contributed by atoms with Crippen LogP contribution >= 0.6 is 0 Å². The van der Waals surface area contributed by atoms with Gasteiger partial charge in [-0.25, -0.2) is 9.97 Å². The summed E-state index contributed by atoms with van der Waals surface area (Å²) in [5.74, 6) is 0.341. The first-order valence-corrected chi connectivity index (χ1v) is 10.4. The van der Waals surface area contributed by atoms with Gasteiger partial charge in [0.15, 0.2) is 0 Å². The molecule has 3 saturated heterocycles. The quantitative estimate of drug-likeness (QED) is 0.697. The summed E-state index contributed by atoms with van der Waals surface area (Å²) in [5, 5.41) is 13.4. The summed E-state index contributed by atoms with van der Waals surface area (Å²) in [5.41, 5.74) is 0.207. The van der Waals surface area contributed by atoms with Crippen LogP contribution in [0.3, 0.4) is 0 Å². The first-order chi connectivity index (χ1) is 13.9. The fraction of sp³-hybridized carbons (Fsp3) is 0.700. The van der Waals surface area contributed by atoms with Crippen molar-refractivity contribution in [2.75, 3.05) is 57.8 Å². The van der Waals surface area contributed by atoms with Crippen LogP contribution < -0.4 is 10.2 Å². The third-order valence-corrected chi connectivity index (χ3v) is 6.59. The Bertz CT molecular complexity index is 794. The molecule has 0 radical (unpaired) electrons. The van der Waals surface area contributed by atoms with Gasteiger partial charge in [0.2, 0.25) is 11.9 Å². The number of aliphatic hydroxyl groups excluding tert-OH is 1. The third kappa shape index (κ3) is 3.69. The number of aryl methyl sites for hydroxylation is 1. The summed E-state index contributed by atoms with van der Waals surface area (Å²) in [6, 6.07) is 0. The molecule has 0 bridgehead atoms. The molecule has 9 nitrogen and oxygen atoms in total. The highest BCUT2D eigenvalue weighted by atomic mass is 16.3. The molecule has 4 rings (SSSR count). The van der Waals surface area contributed by atoms with Crippen LogP contribution in [-0.2, 0) is 4.79 Å². The van der Waals surface area contributed by atoms with Crippen LogP contribution in [0.4, 0.5) is 5.95 Å². The second kappa shape index (κ2) is 7.87. The summed E-state index contributed by atoms with van der Waals surface area (Å²) in [6.45, 7) is 6.77. The van der Waals surface area contributed by atoms with Crippen LogP contribution in [0.5, 0.6) is 0 Å². The van der Waals surface area contributed by atoms with Crippen molar-refractivity contribution >= 4 is 17.8 Å². The maximum atomic E-state index is 13.2. The summed E-state index contributed by atoms with van der Waals surface area (Å²) >= 11 is 0. The summed E-state index contributed by atoms with van der Waals surface area (Å²) in [7, 11) is 2.10. The Morgan fingerprint density at radius 1 is 1.28 bits per heavy atom. The van der Waals surface area contributed by atoms with E-state index >= 15 is 0 Å². The van der Waals surface area contributed by atoms with Crippen LogP contribution in [0, 0.1) is 12.3 Å². The van der Waals surface area contributed by atoms with Gasteiger partial charge in [-0.1, -0.05) is 0 Å². The number of likely N-dealkylation sites (N-methyl/N-ethyl adjacent to an activating group) is 1. The highest BCUT2D eigenvalue weighted by Crippen LogP contribution is 2.37. The number of rotatable bonds is 2. The highest BCUT2D eigenvalue weighted by Gasteiger charge is 2.50. The molecular weight excluding hydrogens is 372 g/mol. The Kier molecular flexibility index (Phi) is 5.44. The molecule has 0 saturated carbocycles. The van der Waals surface area contributed by atoms with Gasteiger partial charge in [0.05, 0.1) is 22.8 Å². The molecule has 0 unspecified atom stereocenters. The lowest BCUT2D eigenvalue weighted by Gasteiger charge is -2.46. The third-order valence-electron chi connectivity index (χ3n) is 6.59. The summed E-state index contributed by atoms with van der Waals surface area (Å²) in [6.07, 6.45) is 2.70. The Labute approximate surface area is 171 Å². The molecular formula is C20H30N6O3. The van der Waals surface area contributed by atoms with Crippen LogP contribution in [0.1, 0.15) is 35.3 Å². The van der Waals surface area contributed by atoms with Gasteiger partial charge in [-0.15, -0.1) is 0 Å². The lowest BCUT2D eigenvalue weighted by atomic mass is 9.71. The van der Waals surface area contributed by atoms with E-state index < -0.39 is 11.5 Å². The summed E-state index contributed by atoms with van der Waals surface area (Å²) < 4.78 is 0. The number of carbonyl (C=O) groups is 2. The average Bonchev–Trinajstić information content (AvgIpc) is 2.72. The molecule has 29 heavy (non-hydrogen) atoms. The smallest absolute Gasteiger partial charge is 0.257 e. The number of aliphatic hydroxyl groups is 1. The number of anilines is 1. The minimum Gasteiger partial charge on any atom is -0.392 e. The maximum Gasteiger partial charge on any atom is 0.257 e. The number of piperazine rings is 1. The molecule has 1 aromatic heterocycles. The fourth-order valence-electron chi connectivity index (χ4n) is 4.61. The number of hydrogen-bond donors (Lipinski definition) is 2. The maximum absolute atomic E-state index is 13.2. The molecule has 1 aromatic rings. The number of aromatic nitrogens is 2. The van der Waals surface area contributed by atoms with E-state index in [1.165, 1.54) is 0 Å². The van der Waals surface area contributed by atoms with Crippen LogP contribution in [-0.4, -0.2) is 95.7 Å². The summed E-state index contributed by atoms with van der Waals surface area (Å²) in [4.78, 5) is 40.9. The van der Waals surface area contributed by atoms with E-state index in [2.05, 4.69) is 32.1 Å². The van der Waals surface area contributed by atoms with E-state index in [4.69, 9.17) is 0 Å². The minimum atomic E-state index is -0.902. The SMILES string of the molecule is Cc1nc(N2CCN(C)CC2)ncc1C(=O)N1CC[C@H](O)[C@@]2(CCCNC2=O)C1. The van der Waals surface area contributed by atoms with Crippen molar-refractivity contribution in [1.82, 2.24) is 25.1 Å². The van der Waals surface area contributed by atoms with E-state index in [0.717, 1.165) is 32.6 Å². The van der Waals surface area contributed by atoms with E-state index in [0.29, 0.717) is 43.1 Å². The molecule has 3 fully saturated rings. The number of hydrogen-bond acceptors (Lipinski definition) is 7. The molecule has 2 amide bonds. The lowest BCUT2D eigenvalue weighted by molar-refractivity contribution is -0.147. The zero-order valence-electron chi connectivity index (χ0n) is 17.2. The van der Waals surface area contributed by atoms with Gasteiger partial charge < -0.3 is 25.1 Å². The highest BCUT2D eigenvalue weighted by molar-refractivity contribution is 5.96. The zero-order chi connectivity index (χ0) is 20.6. The molecule has 0 aromatic carbocycles. The topological polar surface area (TPSA) is 102 Å². The van der Waals surface area contributed by atoms with Gasteiger partial charge in [0.1, 0.15) is 0 Å². The van der Waals surface area contributed by atoms with E-state index in [-0.39, 0.29) is 18.4 Å². The Morgan fingerprint density at radius 2 is 2.03 bits per heavy atom. The van der Waals surface area contributed by atoms with Gasteiger partial charge in [0.25, 0.3) is 5.91 Å². The number of piperidine rings is 2. The standard InChI is InChI=1S/C20H30N6O3/c1-14-15(12-22-19(23-14)25-10-8-24(2)9-11-25)17(28)26-7-4-16(27)20(13-26)5-3-6-21-18(20)29/h12,16,27H,3-11,13H2,1-2H3,(H,21,29)/t16-,20+/m0/s1. The Balaban J connectivity index is 1.51. The lowest BCUT2D eigenvalue weighted by Crippen LogP contribution is -2.62. The minimum absolute atomic E-state index is 0.146. The van der Waals surface area contributed by atoms with E-state index in [9.17, 15) is 14.7 Å². The predicted molar refractivity (Wildman–Crippen MR) is 108 cm³/mol. The van der Waals surface area contributed by atoms with Crippen LogP contribution in [0.25, 0.3) is 0 Å². The molecule has 3 aliphatic rings. The second-order valence-electron chi connectivity index (χ2n) is 8.51. The van der Waals surface area contributed by atoms with Gasteiger partial charge in [-0.3, -0.25) is 9.59 Å². The number of carbonyl (C=O) groups excluding carboxylic acids is 2. The molecule has 2 N–H and O–H groups in total. The van der Waals surface area contributed by atoms with Crippen molar-refractivity contribution in [3.63, 3.8) is 0 Å². The average molecular weight is 402 g/mol. The van der Waals surface area contributed by atoms with Crippen molar-refractivity contribution in [1.29, 1.82) is 0 Å². The molecule has 4 heterocycles. The largest absolute Gasteiger partial charge is 0.392 e. The van der Waals surface area contributed by atoms with Gasteiger partial charge in [-0.2, -0.15) is 0 Å². The van der Waals surface area contributed by atoms with Crippen LogP contribution in [0.2, 0.25) is 0 Å². The van der Waals surface area contributed by atoms with Gasteiger partial charge in [0, 0.05) is 52.0 Å². The van der Waals surface area contributed by atoms with Gasteiger partial charge in [-0.05, 0) is 33.2 Å². The Hall–Kier alpha value is -2.26. The first-order valence-electron chi connectivity index (χ1n) is 10.4. The number of nitrogens with one attached hydrogen (secondary N) is 1. The first kappa shape index (κ1) is 20.0. The number of nitrogens with zero attached hydrogens (tertiary/aromatic N) is 5. The van der Waals surface area contributed by atoms with Crippen molar-refractivity contribution in [2.24, 2.45) is 5.41 Å². The molecule has 9 heteroatoms. The molecule has 158 valence electrons. The predicted octanol–water partition coefficient (Wildman–Crippen LogP) is -0.360. The molecule has 1 spiro atoms. The van der Waals surface area contributed by atoms with Gasteiger partial charge >= 0.3 is 0 Å². The number of likely N-dealkylation sites (tertiary alicyclic amines) is 1. The fourth-order valence-corrected chi connectivity index (χ4v) is 4.61. The second-order valence-corrected chi connectivity index (χ2v) is 8.51. The van der Waals surface area contributed by atoms with Crippen molar-refractivity contribution in [3.05, 3.63) is 17.5 Å².